The lowest BCUT2D eigenvalue weighted by atomic mass is 9.94. The molecule has 0 bridgehead atoms. The lowest BCUT2D eigenvalue weighted by Crippen LogP contribution is -2.55. The van der Waals surface area contributed by atoms with Crippen molar-refractivity contribution in [2.24, 2.45) is 0 Å². The lowest BCUT2D eigenvalue weighted by molar-refractivity contribution is -0.128. The summed E-state index contributed by atoms with van der Waals surface area (Å²) in [6.45, 7) is 9.08. The first kappa shape index (κ1) is 29.7. The van der Waals surface area contributed by atoms with Crippen molar-refractivity contribution >= 4 is 18.0 Å². The average Bonchev–Trinajstić information content (AvgIpc) is 3.42. The molecule has 3 aliphatic rings. The normalized spacial score (nSPS) is 22.4. The van der Waals surface area contributed by atoms with E-state index in [0.717, 1.165) is 37.7 Å². The Bertz CT molecular complexity index is 1360. The van der Waals surface area contributed by atoms with Crippen molar-refractivity contribution < 1.29 is 19.1 Å². The first-order valence-corrected chi connectivity index (χ1v) is 14.8. The number of carbonyl (C=O) groups is 2. The largest absolute Gasteiger partial charge is 0.462 e. The molecule has 0 aliphatic carbocycles. The summed E-state index contributed by atoms with van der Waals surface area (Å²) < 4.78 is 12.3. The minimum absolute atomic E-state index is 0.00906. The zero-order valence-electron chi connectivity index (χ0n) is 24.6. The molecule has 2 saturated heterocycles. The van der Waals surface area contributed by atoms with Crippen molar-refractivity contribution in [3.63, 3.8) is 0 Å². The summed E-state index contributed by atoms with van der Waals surface area (Å²) in [5.41, 5.74) is 4.80. The summed E-state index contributed by atoms with van der Waals surface area (Å²) in [6.07, 6.45) is 6.49. The van der Waals surface area contributed by atoms with E-state index in [4.69, 9.17) is 14.5 Å². The van der Waals surface area contributed by atoms with Gasteiger partial charge in [-0.3, -0.25) is 9.59 Å². The molecule has 0 saturated carbocycles. The van der Waals surface area contributed by atoms with Crippen molar-refractivity contribution in [1.29, 1.82) is 5.26 Å². The highest BCUT2D eigenvalue weighted by Gasteiger charge is 2.33. The van der Waals surface area contributed by atoms with Gasteiger partial charge >= 0.3 is 6.01 Å². The summed E-state index contributed by atoms with van der Waals surface area (Å²) in [5, 5.41) is 9.49. The number of carbonyl (C=O) groups excluding carboxylic acids is 2. The number of fused-ring (bicyclic) bond motifs is 1. The zero-order valence-corrected chi connectivity index (χ0v) is 24.6. The van der Waals surface area contributed by atoms with Crippen molar-refractivity contribution in [2.45, 2.75) is 70.2 Å². The number of piperazine rings is 1. The summed E-state index contributed by atoms with van der Waals surface area (Å²) in [5.74, 6) is 0.434. The van der Waals surface area contributed by atoms with Gasteiger partial charge in [-0.15, -0.1) is 0 Å². The second-order valence-corrected chi connectivity index (χ2v) is 11.5. The molecule has 0 radical (unpaired) electrons. The number of nitrogens with zero attached hydrogens (tertiary/aromatic N) is 6. The highest BCUT2D eigenvalue weighted by molar-refractivity contribution is 5.87. The molecule has 0 spiro atoms. The predicted octanol–water partition coefficient (Wildman–Crippen LogP) is 3.26. The van der Waals surface area contributed by atoms with Crippen LogP contribution in [0.4, 0.5) is 5.82 Å². The molecule has 2 unspecified atom stereocenters. The number of anilines is 1. The Morgan fingerprint density at radius 2 is 2.10 bits per heavy atom. The van der Waals surface area contributed by atoms with Crippen LogP contribution in [-0.2, 0) is 29.0 Å². The van der Waals surface area contributed by atoms with Crippen LogP contribution in [0.15, 0.2) is 30.9 Å². The van der Waals surface area contributed by atoms with Crippen LogP contribution in [0.5, 0.6) is 6.01 Å². The number of aromatic nitrogens is 2. The number of likely N-dealkylation sites (N-methyl/N-ethyl adjacent to an activating group) is 1. The molecule has 4 heterocycles. The van der Waals surface area contributed by atoms with Crippen molar-refractivity contribution in [3.8, 4) is 12.1 Å². The number of nitriles is 1. The van der Waals surface area contributed by atoms with E-state index in [0.29, 0.717) is 57.2 Å². The van der Waals surface area contributed by atoms with Crippen LogP contribution in [0.25, 0.3) is 0 Å². The molecule has 5 rings (SSSR count). The molecule has 1 aromatic heterocycles. The summed E-state index contributed by atoms with van der Waals surface area (Å²) in [7, 11) is 2.08. The quantitative estimate of drug-likeness (QED) is 0.313. The number of hydrogen-bond donors (Lipinski definition) is 0. The molecule has 3 aliphatic heterocycles. The van der Waals surface area contributed by atoms with E-state index in [2.05, 4.69) is 59.6 Å². The Kier molecular flexibility index (Phi) is 9.50. The number of aldehydes is 1. The summed E-state index contributed by atoms with van der Waals surface area (Å²) in [6, 6.07) is 8.83. The molecule has 3 atom stereocenters. The number of hydrogen-bond acceptors (Lipinski definition) is 9. The van der Waals surface area contributed by atoms with Gasteiger partial charge in [0.15, 0.2) is 6.29 Å². The molecule has 1 amide bonds. The predicted molar refractivity (Wildman–Crippen MR) is 158 cm³/mol. The van der Waals surface area contributed by atoms with E-state index < -0.39 is 0 Å². The van der Waals surface area contributed by atoms with E-state index in [-0.39, 0.29) is 36.5 Å². The van der Waals surface area contributed by atoms with Gasteiger partial charge in [0.25, 0.3) is 0 Å². The molecule has 1 aromatic carbocycles. The van der Waals surface area contributed by atoms with Crippen molar-refractivity contribution in [1.82, 2.24) is 19.8 Å². The third-order valence-electron chi connectivity index (χ3n) is 8.75. The third-order valence-corrected chi connectivity index (χ3v) is 8.75. The minimum atomic E-state index is -0.324. The van der Waals surface area contributed by atoms with Crippen LogP contribution in [-0.4, -0.2) is 90.0 Å². The van der Waals surface area contributed by atoms with Gasteiger partial charge in [0.2, 0.25) is 5.91 Å². The van der Waals surface area contributed by atoms with Gasteiger partial charge in [0.1, 0.15) is 18.1 Å². The molecule has 42 heavy (non-hydrogen) atoms. The van der Waals surface area contributed by atoms with Gasteiger partial charge in [-0.1, -0.05) is 30.3 Å². The maximum absolute atomic E-state index is 12.5. The van der Waals surface area contributed by atoms with Gasteiger partial charge in [-0.05, 0) is 69.8 Å². The summed E-state index contributed by atoms with van der Waals surface area (Å²) in [4.78, 5) is 40.3. The molecule has 10 heteroatoms. The minimum Gasteiger partial charge on any atom is -0.462 e. The second kappa shape index (κ2) is 13.4. The Morgan fingerprint density at radius 1 is 1.24 bits per heavy atom. The average molecular weight is 573 g/mol. The number of rotatable bonds is 10. The highest BCUT2D eigenvalue weighted by atomic mass is 16.5. The number of benzene rings is 1. The first-order chi connectivity index (χ1) is 20.4. The van der Waals surface area contributed by atoms with Crippen LogP contribution in [0.3, 0.4) is 0 Å². The molecular weight excluding hydrogens is 532 g/mol. The van der Waals surface area contributed by atoms with Gasteiger partial charge in [-0.2, -0.15) is 15.2 Å². The molecule has 10 nitrogen and oxygen atoms in total. The van der Waals surface area contributed by atoms with E-state index in [1.807, 2.05) is 0 Å². The maximum Gasteiger partial charge on any atom is 0.319 e. The highest BCUT2D eigenvalue weighted by Crippen LogP contribution is 2.30. The van der Waals surface area contributed by atoms with Gasteiger partial charge in [0.05, 0.1) is 31.2 Å². The fourth-order valence-corrected chi connectivity index (χ4v) is 6.32. The zero-order chi connectivity index (χ0) is 29.6. The van der Waals surface area contributed by atoms with Crippen LogP contribution in [0.2, 0.25) is 0 Å². The van der Waals surface area contributed by atoms with Crippen LogP contribution in [0.1, 0.15) is 58.4 Å². The second-order valence-electron chi connectivity index (χ2n) is 11.5. The van der Waals surface area contributed by atoms with Crippen molar-refractivity contribution in [2.75, 3.05) is 44.7 Å². The monoisotopic (exact) mass is 572 g/mol. The van der Waals surface area contributed by atoms with E-state index in [1.54, 1.807) is 4.90 Å². The fraction of sp³-hybridized carbons (Fsp3) is 0.531. The number of likely N-dealkylation sites (tertiary alicyclic amines) is 1. The number of ether oxygens (including phenoxy) is 2. The Labute approximate surface area is 247 Å². The Morgan fingerprint density at radius 3 is 2.83 bits per heavy atom. The van der Waals surface area contributed by atoms with Crippen LogP contribution < -0.4 is 9.64 Å². The first-order valence-electron chi connectivity index (χ1n) is 14.8. The number of amides is 1. The maximum atomic E-state index is 12.5. The topological polar surface area (TPSA) is 112 Å². The molecular formula is C32H40N6O4. The SMILES string of the molecule is C=CC(=O)N1CCN(c2nc(OCC3CCCN3C)nc(C=O)c2CC[C@H]2Cc3ccc(C)cc3CO2)CC1CC#N. The fourth-order valence-electron chi connectivity index (χ4n) is 6.32. The third kappa shape index (κ3) is 6.63. The van der Waals surface area contributed by atoms with Crippen LogP contribution >= 0.6 is 0 Å². The molecule has 2 fully saturated rings. The van der Waals surface area contributed by atoms with E-state index in [1.165, 1.54) is 22.8 Å². The Balaban J connectivity index is 1.40. The van der Waals surface area contributed by atoms with Gasteiger partial charge in [0, 0.05) is 31.2 Å². The smallest absolute Gasteiger partial charge is 0.319 e. The number of aryl methyl sites for hydroxylation is 1. The molecule has 222 valence electrons. The van der Waals surface area contributed by atoms with E-state index in [9.17, 15) is 14.9 Å². The van der Waals surface area contributed by atoms with Gasteiger partial charge in [-0.25, -0.2) is 0 Å². The van der Waals surface area contributed by atoms with Crippen molar-refractivity contribution in [3.05, 3.63) is 58.8 Å². The molecule has 2 aromatic rings. The van der Waals surface area contributed by atoms with Gasteiger partial charge < -0.3 is 24.2 Å². The summed E-state index contributed by atoms with van der Waals surface area (Å²) >= 11 is 0. The Hall–Kier alpha value is -3.81. The lowest BCUT2D eigenvalue weighted by Gasteiger charge is -2.41. The van der Waals surface area contributed by atoms with E-state index >= 15 is 0 Å². The van der Waals surface area contributed by atoms with Crippen LogP contribution in [0, 0.1) is 18.3 Å². The standard InChI is InChI=1S/C32H40N6O4/c1-4-30(40)38-15-14-37(18-25(38)11-12-33)31-28(10-9-27-17-23-8-7-22(2)16-24(23)20-41-27)29(19-39)34-32(35-31)42-21-26-6-5-13-36(26)3/h4,7-8,16,19,25-27H,1,5-6,9-11,13-15,17-18,20-21H2,2-3H3/t25?,26?,27-/m0/s1. The molecule has 0 N–H and O–H groups in total.